The molecule has 3 aromatic heterocycles. The third-order valence-electron chi connectivity index (χ3n) is 4.31. The van der Waals surface area contributed by atoms with Crippen LogP contribution in [0, 0.1) is 6.92 Å². The van der Waals surface area contributed by atoms with Gasteiger partial charge in [-0.05, 0) is 6.92 Å². The fraction of sp³-hybridized carbons (Fsp3) is 0.211. The maximum Gasteiger partial charge on any atom is 0.328 e. The van der Waals surface area contributed by atoms with Gasteiger partial charge in [-0.3, -0.25) is 9.36 Å². The van der Waals surface area contributed by atoms with Gasteiger partial charge in [0.15, 0.2) is 0 Å². The minimum Gasteiger partial charge on any atom is -0.416 e. The van der Waals surface area contributed by atoms with E-state index in [0.717, 1.165) is 20.8 Å². The zero-order chi connectivity index (χ0) is 20.4. The van der Waals surface area contributed by atoms with Crippen molar-refractivity contribution >= 4 is 23.1 Å². The van der Waals surface area contributed by atoms with Gasteiger partial charge in [0.05, 0.1) is 12.1 Å². The van der Waals surface area contributed by atoms with Gasteiger partial charge in [0.25, 0.3) is 10.8 Å². The van der Waals surface area contributed by atoms with Crippen molar-refractivity contribution in [2.24, 2.45) is 7.05 Å². The van der Waals surface area contributed by atoms with Crippen LogP contribution in [0.3, 0.4) is 0 Å². The topological polar surface area (TPSA) is 107 Å². The lowest BCUT2D eigenvalue weighted by Gasteiger charge is -2.04. The van der Waals surface area contributed by atoms with Gasteiger partial charge in [0.2, 0.25) is 5.89 Å². The van der Waals surface area contributed by atoms with Crippen LogP contribution >= 0.6 is 23.1 Å². The molecular weight excluding hydrogens is 410 g/mol. The maximum absolute atomic E-state index is 12.3. The van der Waals surface area contributed by atoms with Crippen LogP contribution in [0.4, 0.5) is 0 Å². The average molecular weight is 428 g/mol. The van der Waals surface area contributed by atoms with E-state index in [0.29, 0.717) is 28.1 Å². The number of nitrogens with one attached hydrogen (secondary N) is 1. The second-order valence-corrected chi connectivity index (χ2v) is 8.12. The monoisotopic (exact) mass is 427 g/mol. The number of H-pyrrole nitrogens is 1. The molecule has 0 spiro atoms. The quantitative estimate of drug-likeness (QED) is 0.472. The summed E-state index contributed by atoms with van der Waals surface area (Å²) in [7, 11) is 1.43. The van der Waals surface area contributed by atoms with E-state index < -0.39 is 5.69 Å². The molecule has 0 radical (unpaired) electrons. The molecule has 0 saturated carbocycles. The van der Waals surface area contributed by atoms with Gasteiger partial charge in [0.1, 0.15) is 5.01 Å². The minimum absolute atomic E-state index is 0.164. The molecule has 0 fully saturated rings. The number of hydrogen-bond donors (Lipinski definition) is 1. The van der Waals surface area contributed by atoms with Crippen LogP contribution in [0.2, 0.25) is 0 Å². The molecule has 0 unspecified atom stereocenters. The van der Waals surface area contributed by atoms with E-state index in [1.807, 2.05) is 35.7 Å². The van der Waals surface area contributed by atoms with Gasteiger partial charge in [-0.15, -0.1) is 21.5 Å². The lowest BCUT2D eigenvalue weighted by atomic mass is 10.2. The Bertz CT molecular complexity index is 1260. The van der Waals surface area contributed by atoms with Crippen LogP contribution in [0.15, 0.2) is 54.9 Å². The number of nitrogens with zero attached hydrogens (tertiary/aromatic N) is 4. The third kappa shape index (κ3) is 4.22. The summed E-state index contributed by atoms with van der Waals surface area (Å²) in [6, 6.07) is 10.0. The smallest absolute Gasteiger partial charge is 0.328 e. The number of thiazole rings is 1. The van der Waals surface area contributed by atoms with Crippen LogP contribution in [-0.2, 0) is 19.2 Å². The van der Waals surface area contributed by atoms with Crippen molar-refractivity contribution in [3.05, 3.63) is 79.4 Å². The molecule has 0 aliphatic rings. The van der Waals surface area contributed by atoms with Crippen molar-refractivity contribution in [1.82, 2.24) is 24.7 Å². The van der Waals surface area contributed by atoms with E-state index in [4.69, 9.17) is 4.42 Å². The summed E-state index contributed by atoms with van der Waals surface area (Å²) in [6.45, 7) is 1.68. The van der Waals surface area contributed by atoms with Crippen LogP contribution < -0.4 is 11.2 Å². The molecule has 1 aromatic carbocycles. The van der Waals surface area contributed by atoms with E-state index >= 15 is 0 Å². The molecule has 148 valence electrons. The maximum atomic E-state index is 12.3. The molecule has 1 N–H and O–H groups in total. The number of aromatic nitrogens is 5. The number of aryl methyl sites for hydroxylation is 1. The Hall–Kier alpha value is -2.98. The molecule has 4 rings (SSSR count). The molecule has 0 amide bonds. The van der Waals surface area contributed by atoms with Crippen LogP contribution in [-0.4, -0.2) is 24.7 Å². The van der Waals surface area contributed by atoms with E-state index in [1.165, 1.54) is 18.8 Å². The van der Waals surface area contributed by atoms with Crippen LogP contribution in [0.5, 0.6) is 0 Å². The van der Waals surface area contributed by atoms with E-state index in [9.17, 15) is 9.59 Å². The predicted octanol–water partition coefficient (Wildman–Crippen LogP) is 2.77. The first kappa shape index (κ1) is 19.3. The molecule has 3 heterocycles. The van der Waals surface area contributed by atoms with Crippen molar-refractivity contribution in [3.63, 3.8) is 0 Å². The Morgan fingerprint density at radius 1 is 1.21 bits per heavy atom. The number of hydrogen-bond acceptors (Lipinski definition) is 8. The highest BCUT2D eigenvalue weighted by Crippen LogP contribution is 2.27. The number of benzene rings is 1. The second-order valence-electron chi connectivity index (χ2n) is 6.34. The highest BCUT2D eigenvalue weighted by Gasteiger charge is 2.15. The van der Waals surface area contributed by atoms with Crippen molar-refractivity contribution in [3.8, 4) is 10.6 Å². The minimum atomic E-state index is -0.448. The van der Waals surface area contributed by atoms with Crippen LogP contribution in [0.1, 0.15) is 22.8 Å². The normalized spacial score (nSPS) is 11.1. The fourth-order valence-corrected chi connectivity index (χ4v) is 4.33. The number of rotatable bonds is 6. The first-order chi connectivity index (χ1) is 14.0. The highest BCUT2D eigenvalue weighted by atomic mass is 32.2. The van der Waals surface area contributed by atoms with Crippen LogP contribution in [0.25, 0.3) is 10.6 Å². The highest BCUT2D eigenvalue weighted by molar-refractivity contribution is 7.98. The summed E-state index contributed by atoms with van der Waals surface area (Å²) >= 11 is 2.98. The molecule has 8 nitrogen and oxygen atoms in total. The molecule has 0 aliphatic heterocycles. The fourth-order valence-electron chi connectivity index (χ4n) is 2.72. The Labute approximate surface area is 173 Å². The summed E-state index contributed by atoms with van der Waals surface area (Å²) in [5.74, 6) is 0.924. The van der Waals surface area contributed by atoms with Crippen molar-refractivity contribution in [2.75, 3.05) is 0 Å². The Balaban J connectivity index is 1.43. The number of thioether (sulfide) groups is 1. The standard InChI is InChI=1S/C19H17N5O3S2/c1-11-14(17(25)24(2)18(26)20-11)8-15-22-23-19(27-15)29-10-13-9-28-16(21-13)12-6-4-3-5-7-12/h3-7,9H,8,10H2,1-2H3,(H,20,26). The third-order valence-corrected chi connectivity index (χ3v) is 6.10. The Morgan fingerprint density at radius 2 is 2.00 bits per heavy atom. The molecule has 29 heavy (non-hydrogen) atoms. The van der Waals surface area contributed by atoms with Crippen molar-refractivity contribution < 1.29 is 4.42 Å². The van der Waals surface area contributed by atoms with Gasteiger partial charge >= 0.3 is 5.69 Å². The summed E-state index contributed by atoms with van der Waals surface area (Å²) in [4.78, 5) is 31.2. The molecule has 10 heteroatoms. The van der Waals surface area contributed by atoms with E-state index in [-0.39, 0.29) is 12.0 Å². The van der Waals surface area contributed by atoms with E-state index in [2.05, 4.69) is 20.2 Å². The SMILES string of the molecule is Cc1[nH]c(=O)n(C)c(=O)c1Cc1nnc(SCc2csc(-c3ccccc3)n2)o1. The lowest BCUT2D eigenvalue weighted by molar-refractivity contribution is 0.419. The van der Waals surface area contributed by atoms with Gasteiger partial charge < -0.3 is 9.40 Å². The Kier molecular flexibility index (Phi) is 5.45. The van der Waals surface area contributed by atoms with Gasteiger partial charge in [-0.1, -0.05) is 42.1 Å². The van der Waals surface area contributed by atoms with Gasteiger partial charge in [-0.25, -0.2) is 9.78 Å². The number of aromatic amines is 1. The van der Waals surface area contributed by atoms with Gasteiger partial charge in [-0.2, -0.15) is 0 Å². The summed E-state index contributed by atoms with van der Waals surface area (Å²) in [5, 5.41) is 11.4. The summed E-state index contributed by atoms with van der Waals surface area (Å²) in [5.41, 5.74) is 2.14. The second kappa shape index (κ2) is 8.18. The summed E-state index contributed by atoms with van der Waals surface area (Å²) < 4.78 is 6.69. The zero-order valence-electron chi connectivity index (χ0n) is 15.7. The zero-order valence-corrected chi connectivity index (χ0v) is 17.3. The molecule has 0 saturated heterocycles. The molecule has 0 bridgehead atoms. The lowest BCUT2D eigenvalue weighted by Crippen LogP contribution is -2.36. The first-order valence-electron chi connectivity index (χ1n) is 8.75. The molecule has 0 aliphatic carbocycles. The molecule has 4 aromatic rings. The predicted molar refractivity (Wildman–Crippen MR) is 111 cm³/mol. The Morgan fingerprint density at radius 3 is 2.79 bits per heavy atom. The van der Waals surface area contributed by atoms with E-state index in [1.54, 1.807) is 18.3 Å². The summed E-state index contributed by atoms with van der Waals surface area (Å²) in [6.07, 6.45) is 0.164. The average Bonchev–Trinajstić information content (AvgIpc) is 3.38. The van der Waals surface area contributed by atoms with Crippen molar-refractivity contribution in [2.45, 2.75) is 24.3 Å². The van der Waals surface area contributed by atoms with Crippen molar-refractivity contribution in [1.29, 1.82) is 0 Å². The molecule has 0 atom stereocenters. The molecular formula is C19H17N5O3S2. The van der Waals surface area contributed by atoms with Gasteiger partial charge in [0, 0.05) is 35.0 Å². The first-order valence-corrected chi connectivity index (χ1v) is 10.6. The largest absolute Gasteiger partial charge is 0.416 e.